The number of hydrogen-bond donors (Lipinski definition) is 5. The van der Waals surface area contributed by atoms with Crippen LogP contribution in [0.25, 0.3) is 0 Å². The number of urea groups is 1. The first-order valence-electron chi connectivity index (χ1n) is 9.68. The number of primary amides is 1. The third-order valence-corrected chi connectivity index (χ3v) is 4.64. The predicted molar refractivity (Wildman–Crippen MR) is 118 cm³/mol. The van der Waals surface area contributed by atoms with E-state index in [4.69, 9.17) is 15.6 Å². The van der Waals surface area contributed by atoms with Crippen molar-refractivity contribution in [1.29, 1.82) is 0 Å². The highest BCUT2D eigenvalue weighted by Gasteiger charge is 2.18. The number of hydrogen-bond acceptors (Lipinski definition) is 5. The van der Waals surface area contributed by atoms with E-state index in [1.165, 1.54) is 0 Å². The molecular formula is C22H23N5O5. The van der Waals surface area contributed by atoms with Crippen molar-refractivity contribution in [1.82, 2.24) is 9.97 Å². The van der Waals surface area contributed by atoms with Crippen LogP contribution < -0.4 is 21.1 Å². The second-order valence-electron chi connectivity index (χ2n) is 7.15. The topological polar surface area (TPSA) is 159 Å². The highest BCUT2D eigenvalue weighted by Crippen LogP contribution is 2.18. The van der Waals surface area contributed by atoms with Crippen LogP contribution in [-0.4, -0.2) is 33.0 Å². The van der Waals surface area contributed by atoms with E-state index >= 15 is 0 Å². The number of aromatic amines is 1. The molecule has 0 bridgehead atoms. The molecule has 0 atom stereocenters. The number of carbonyl (C=O) groups is 3. The van der Waals surface area contributed by atoms with Crippen LogP contribution in [0.5, 0.6) is 5.75 Å². The Bertz CT molecular complexity index is 1150. The molecule has 0 fully saturated rings. The molecule has 0 aliphatic rings. The van der Waals surface area contributed by atoms with E-state index in [0.717, 1.165) is 11.1 Å². The number of benzene rings is 2. The molecular weight excluding hydrogens is 414 g/mol. The predicted octanol–water partition coefficient (Wildman–Crippen LogP) is 2.98. The van der Waals surface area contributed by atoms with Gasteiger partial charge in [0.25, 0.3) is 5.91 Å². The minimum absolute atomic E-state index is 0.0288. The quantitative estimate of drug-likeness (QED) is 0.364. The van der Waals surface area contributed by atoms with Crippen LogP contribution in [0.3, 0.4) is 0 Å². The number of carbonyl (C=O) groups excluding carboxylic acids is 2. The fourth-order valence-corrected chi connectivity index (χ4v) is 2.88. The summed E-state index contributed by atoms with van der Waals surface area (Å²) in [6.45, 7) is 3.88. The molecule has 0 aliphatic heterocycles. The lowest BCUT2D eigenvalue weighted by molar-refractivity contribution is -0.136. The minimum Gasteiger partial charge on any atom is -0.486 e. The van der Waals surface area contributed by atoms with Gasteiger partial charge in [-0.15, -0.1) is 0 Å². The highest BCUT2D eigenvalue weighted by atomic mass is 16.5. The van der Waals surface area contributed by atoms with Gasteiger partial charge in [-0.3, -0.25) is 14.9 Å². The van der Waals surface area contributed by atoms with Gasteiger partial charge < -0.3 is 25.9 Å². The number of aliphatic carboxylic acids is 1. The van der Waals surface area contributed by atoms with E-state index in [9.17, 15) is 14.4 Å². The lowest BCUT2D eigenvalue weighted by Gasteiger charge is -2.09. The van der Waals surface area contributed by atoms with E-state index in [1.807, 2.05) is 26.0 Å². The zero-order valence-electron chi connectivity index (χ0n) is 17.6. The summed E-state index contributed by atoms with van der Waals surface area (Å²) in [5.74, 6) is -0.927. The number of rotatable bonds is 8. The van der Waals surface area contributed by atoms with Crippen LogP contribution in [0.2, 0.25) is 0 Å². The molecule has 0 unspecified atom stereocenters. The fraction of sp³-hybridized carbons (Fsp3) is 0.182. The highest BCUT2D eigenvalue weighted by molar-refractivity contribution is 6.04. The summed E-state index contributed by atoms with van der Waals surface area (Å²) in [6.07, 6.45) is -0.0836. The number of aryl methyl sites for hydroxylation is 2. The Labute approximate surface area is 183 Å². The summed E-state index contributed by atoms with van der Waals surface area (Å²) < 4.78 is 5.60. The number of aromatic nitrogens is 2. The van der Waals surface area contributed by atoms with Gasteiger partial charge in [-0.1, -0.05) is 18.2 Å². The number of carboxylic acid groups (broad SMARTS) is 1. The number of nitrogens with one attached hydrogen (secondary N) is 3. The monoisotopic (exact) mass is 437 g/mol. The first-order chi connectivity index (χ1) is 15.2. The summed E-state index contributed by atoms with van der Waals surface area (Å²) in [4.78, 5) is 41.7. The Hall–Kier alpha value is -4.34. The molecule has 3 aromatic rings. The number of ether oxygens (including phenoxy) is 1. The molecule has 1 aromatic heterocycles. The van der Waals surface area contributed by atoms with Crippen molar-refractivity contribution in [3.63, 3.8) is 0 Å². The molecule has 32 heavy (non-hydrogen) atoms. The van der Waals surface area contributed by atoms with Gasteiger partial charge in [-0.2, -0.15) is 0 Å². The third kappa shape index (κ3) is 5.85. The maximum Gasteiger partial charge on any atom is 0.324 e. The van der Waals surface area contributed by atoms with Crippen LogP contribution >= 0.6 is 0 Å². The number of nitrogens with two attached hydrogens (primary N) is 1. The van der Waals surface area contributed by atoms with Crippen LogP contribution in [0.1, 0.15) is 33.0 Å². The van der Waals surface area contributed by atoms with Crippen molar-refractivity contribution >= 4 is 29.4 Å². The Morgan fingerprint density at radius 1 is 1.06 bits per heavy atom. The minimum atomic E-state index is -0.921. The van der Waals surface area contributed by atoms with Gasteiger partial charge in [0.1, 0.15) is 24.0 Å². The Balaban J connectivity index is 1.65. The normalized spacial score (nSPS) is 10.4. The molecule has 0 spiro atoms. The largest absolute Gasteiger partial charge is 0.486 e. The summed E-state index contributed by atoms with van der Waals surface area (Å²) in [5, 5.41) is 14.0. The molecule has 3 amide bonds. The van der Waals surface area contributed by atoms with Crippen LogP contribution in [0.4, 0.5) is 16.3 Å². The SMILES string of the molecule is Cc1ccc(NC(=O)Nc2[nH]c(COc3ccc(CC(=O)O)cc3)nc2C(N)=O)cc1C. The third-order valence-electron chi connectivity index (χ3n) is 4.64. The average molecular weight is 437 g/mol. The molecule has 0 aliphatic carbocycles. The zero-order valence-corrected chi connectivity index (χ0v) is 17.6. The molecule has 6 N–H and O–H groups in total. The molecule has 166 valence electrons. The van der Waals surface area contributed by atoms with Crippen molar-refractivity contribution in [2.75, 3.05) is 10.6 Å². The van der Waals surface area contributed by atoms with E-state index in [-0.39, 0.29) is 30.4 Å². The number of nitrogens with zero attached hydrogens (tertiary/aromatic N) is 1. The zero-order chi connectivity index (χ0) is 23.3. The number of carboxylic acids is 1. The van der Waals surface area contributed by atoms with Crippen molar-refractivity contribution in [3.8, 4) is 5.75 Å². The Morgan fingerprint density at radius 2 is 1.78 bits per heavy atom. The maximum absolute atomic E-state index is 12.4. The number of anilines is 2. The summed E-state index contributed by atoms with van der Waals surface area (Å²) in [6, 6.07) is 11.5. The second-order valence-corrected chi connectivity index (χ2v) is 7.15. The average Bonchev–Trinajstić information content (AvgIpc) is 3.12. The van der Waals surface area contributed by atoms with Gasteiger partial charge in [-0.25, -0.2) is 9.78 Å². The summed E-state index contributed by atoms with van der Waals surface area (Å²) in [5.41, 5.74) is 8.61. The van der Waals surface area contributed by atoms with Gasteiger partial charge in [0.15, 0.2) is 5.69 Å². The fourth-order valence-electron chi connectivity index (χ4n) is 2.88. The number of H-pyrrole nitrogens is 1. The van der Waals surface area contributed by atoms with E-state index in [2.05, 4.69) is 20.6 Å². The molecule has 0 saturated heterocycles. The smallest absolute Gasteiger partial charge is 0.324 e. The van der Waals surface area contributed by atoms with Gasteiger partial charge >= 0.3 is 12.0 Å². The standard InChI is InChI=1S/C22H23N5O5/c1-12-3-6-15(9-13(12)2)24-22(31)27-21-19(20(23)30)25-17(26-21)11-32-16-7-4-14(5-8-16)10-18(28)29/h3-9H,10-11H2,1-2H3,(H2,23,30)(H,25,26)(H,28,29)(H2,24,27,31). The van der Waals surface area contributed by atoms with Gasteiger partial charge in [0, 0.05) is 5.69 Å². The van der Waals surface area contributed by atoms with Crippen LogP contribution in [-0.2, 0) is 17.8 Å². The molecule has 0 saturated carbocycles. The van der Waals surface area contributed by atoms with E-state index in [0.29, 0.717) is 17.0 Å². The number of imidazole rings is 1. The molecule has 1 heterocycles. The molecule has 2 aromatic carbocycles. The van der Waals surface area contributed by atoms with Gasteiger partial charge in [0.2, 0.25) is 0 Å². The second kappa shape index (κ2) is 9.65. The van der Waals surface area contributed by atoms with Crippen molar-refractivity contribution in [2.24, 2.45) is 5.73 Å². The van der Waals surface area contributed by atoms with Crippen molar-refractivity contribution in [3.05, 3.63) is 70.7 Å². The maximum atomic E-state index is 12.4. The van der Waals surface area contributed by atoms with E-state index < -0.39 is 17.9 Å². The Kier molecular flexibility index (Phi) is 6.74. The van der Waals surface area contributed by atoms with Gasteiger partial charge in [0.05, 0.1) is 6.42 Å². The van der Waals surface area contributed by atoms with Crippen LogP contribution in [0.15, 0.2) is 42.5 Å². The lowest BCUT2D eigenvalue weighted by Crippen LogP contribution is -2.22. The summed E-state index contributed by atoms with van der Waals surface area (Å²) in [7, 11) is 0. The summed E-state index contributed by atoms with van der Waals surface area (Å²) >= 11 is 0. The first-order valence-corrected chi connectivity index (χ1v) is 9.68. The van der Waals surface area contributed by atoms with E-state index in [1.54, 1.807) is 30.3 Å². The first kappa shape index (κ1) is 22.3. The van der Waals surface area contributed by atoms with Crippen molar-refractivity contribution in [2.45, 2.75) is 26.9 Å². The lowest BCUT2D eigenvalue weighted by atomic mass is 10.1. The molecule has 0 radical (unpaired) electrons. The molecule has 3 rings (SSSR count). The van der Waals surface area contributed by atoms with Crippen molar-refractivity contribution < 1.29 is 24.2 Å². The van der Waals surface area contributed by atoms with Gasteiger partial charge in [-0.05, 0) is 54.8 Å². The Morgan fingerprint density at radius 3 is 2.41 bits per heavy atom. The number of amides is 3. The molecule has 10 heteroatoms. The molecule has 10 nitrogen and oxygen atoms in total. The van der Waals surface area contributed by atoms with Crippen LogP contribution in [0, 0.1) is 13.8 Å².